The number of amides is 1. The monoisotopic (exact) mass is 332 g/mol. The number of thiazole rings is 1. The quantitative estimate of drug-likeness (QED) is 0.909. The summed E-state index contributed by atoms with van der Waals surface area (Å²) < 4.78 is 11.3. The molecule has 0 unspecified atom stereocenters. The van der Waals surface area contributed by atoms with E-state index in [1.807, 2.05) is 26.0 Å². The summed E-state index contributed by atoms with van der Waals surface area (Å²) in [6, 6.07) is 7.18. The van der Waals surface area contributed by atoms with Crippen LogP contribution in [0.4, 0.5) is 5.13 Å². The molecule has 6 heteroatoms. The van der Waals surface area contributed by atoms with E-state index >= 15 is 0 Å². The number of aryl methyl sites for hydroxylation is 2. The Morgan fingerprint density at radius 3 is 3.04 bits per heavy atom. The average molecular weight is 332 g/mol. The van der Waals surface area contributed by atoms with Gasteiger partial charge in [-0.2, -0.15) is 0 Å². The molecule has 0 saturated carbocycles. The van der Waals surface area contributed by atoms with Crippen LogP contribution in [0.2, 0.25) is 0 Å². The summed E-state index contributed by atoms with van der Waals surface area (Å²) in [6.07, 6.45) is 2.28. The SMILES string of the molecule is Cc1nc(NC(=O)c2cccc(OC[C@@H]3CCCO3)c2)sc1C. The third kappa shape index (κ3) is 4.09. The summed E-state index contributed by atoms with van der Waals surface area (Å²) in [4.78, 5) is 17.8. The van der Waals surface area contributed by atoms with Crippen LogP contribution in [0.25, 0.3) is 0 Å². The first kappa shape index (κ1) is 16.0. The Morgan fingerprint density at radius 1 is 1.48 bits per heavy atom. The molecule has 23 heavy (non-hydrogen) atoms. The number of carbonyl (C=O) groups excluding carboxylic acids is 1. The number of hydrogen-bond donors (Lipinski definition) is 1. The second-order valence-electron chi connectivity index (χ2n) is 5.59. The first-order valence-corrected chi connectivity index (χ1v) is 8.53. The van der Waals surface area contributed by atoms with Crippen molar-refractivity contribution in [2.24, 2.45) is 0 Å². The van der Waals surface area contributed by atoms with E-state index in [1.54, 1.807) is 12.1 Å². The highest BCUT2D eigenvalue weighted by atomic mass is 32.1. The van der Waals surface area contributed by atoms with Crippen molar-refractivity contribution in [1.29, 1.82) is 0 Å². The minimum atomic E-state index is -0.179. The van der Waals surface area contributed by atoms with Gasteiger partial charge in [-0.1, -0.05) is 6.07 Å². The molecule has 1 fully saturated rings. The molecular weight excluding hydrogens is 312 g/mol. The molecule has 1 saturated heterocycles. The van der Waals surface area contributed by atoms with Gasteiger partial charge in [0.1, 0.15) is 12.4 Å². The molecular formula is C17H20N2O3S. The van der Waals surface area contributed by atoms with Gasteiger partial charge in [0, 0.05) is 17.0 Å². The maximum atomic E-state index is 12.3. The van der Waals surface area contributed by atoms with E-state index in [0.717, 1.165) is 30.0 Å². The Kier molecular flexibility index (Phi) is 4.93. The zero-order chi connectivity index (χ0) is 16.2. The van der Waals surface area contributed by atoms with Crippen molar-refractivity contribution in [3.8, 4) is 5.75 Å². The van der Waals surface area contributed by atoms with Gasteiger partial charge in [-0.3, -0.25) is 10.1 Å². The summed E-state index contributed by atoms with van der Waals surface area (Å²) in [5.74, 6) is 0.501. The predicted molar refractivity (Wildman–Crippen MR) is 90.5 cm³/mol. The number of nitrogens with zero attached hydrogens (tertiary/aromatic N) is 1. The minimum Gasteiger partial charge on any atom is -0.491 e. The van der Waals surface area contributed by atoms with Crippen molar-refractivity contribution in [2.75, 3.05) is 18.5 Å². The number of rotatable bonds is 5. The molecule has 1 aliphatic heterocycles. The molecule has 122 valence electrons. The third-order valence-electron chi connectivity index (χ3n) is 3.81. The average Bonchev–Trinajstić information content (AvgIpc) is 3.16. The lowest BCUT2D eigenvalue weighted by molar-refractivity contribution is 0.0679. The number of aromatic nitrogens is 1. The highest BCUT2D eigenvalue weighted by Gasteiger charge is 2.16. The van der Waals surface area contributed by atoms with E-state index in [-0.39, 0.29) is 12.0 Å². The van der Waals surface area contributed by atoms with Crippen molar-refractivity contribution in [2.45, 2.75) is 32.8 Å². The molecule has 1 aromatic carbocycles. The molecule has 3 rings (SSSR count). The summed E-state index contributed by atoms with van der Waals surface area (Å²) in [5, 5.41) is 3.45. The van der Waals surface area contributed by atoms with Crippen LogP contribution < -0.4 is 10.1 Å². The van der Waals surface area contributed by atoms with Crippen molar-refractivity contribution in [1.82, 2.24) is 4.98 Å². The normalized spacial score (nSPS) is 17.2. The molecule has 1 atom stereocenters. The fourth-order valence-corrected chi connectivity index (χ4v) is 3.20. The lowest BCUT2D eigenvalue weighted by Gasteiger charge is -2.12. The highest BCUT2D eigenvalue weighted by molar-refractivity contribution is 7.15. The molecule has 1 amide bonds. The Morgan fingerprint density at radius 2 is 2.35 bits per heavy atom. The van der Waals surface area contributed by atoms with Gasteiger partial charge in [-0.05, 0) is 44.9 Å². The number of benzene rings is 1. The first-order valence-electron chi connectivity index (χ1n) is 7.71. The van der Waals surface area contributed by atoms with Gasteiger partial charge in [0.05, 0.1) is 11.8 Å². The predicted octanol–water partition coefficient (Wildman–Crippen LogP) is 3.57. The van der Waals surface area contributed by atoms with E-state index in [4.69, 9.17) is 9.47 Å². The minimum absolute atomic E-state index is 0.161. The maximum absolute atomic E-state index is 12.3. The van der Waals surface area contributed by atoms with Crippen molar-refractivity contribution < 1.29 is 14.3 Å². The van der Waals surface area contributed by atoms with Crippen molar-refractivity contribution >= 4 is 22.4 Å². The van der Waals surface area contributed by atoms with Crippen LogP contribution in [0.5, 0.6) is 5.75 Å². The van der Waals surface area contributed by atoms with Crippen LogP contribution in [0, 0.1) is 13.8 Å². The van der Waals surface area contributed by atoms with Gasteiger partial charge in [-0.15, -0.1) is 11.3 Å². The Labute approximate surface area is 139 Å². The second kappa shape index (κ2) is 7.10. The van der Waals surface area contributed by atoms with Crippen LogP contribution in [-0.2, 0) is 4.74 Å². The largest absolute Gasteiger partial charge is 0.491 e. The summed E-state index contributed by atoms with van der Waals surface area (Å²) in [6.45, 7) is 5.25. The summed E-state index contributed by atoms with van der Waals surface area (Å²) in [7, 11) is 0. The van der Waals surface area contributed by atoms with Gasteiger partial charge >= 0.3 is 0 Å². The third-order valence-corrected chi connectivity index (χ3v) is 4.79. The topological polar surface area (TPSA) is 60.5 Å². The number of carbonyl (C=O) groups is 1. The van der Waals surface area contributed by atoms with E-state index < -0.39 is 0 Å². The molecule has 0 radical (unpaired) electrons. The van der Waals surface area contributed by atoms with E-state index in [1.165, 1.54) is 11.3 Å². The van der Waals surface area contributed by atoms with Gasteiger partial charge < -0.3 is 9.47 Å². The molecule has 5 nitrogen and oxygen atoms in total. The van der Waals surface area contributed by atoms with Gasteiger partial charge in [0.2, 0.25) is 0 Å². The smallest absolute Gasteiger partial charge is 0.257 e. The van der Waals surface area contributed by atoms with Gasteiger partial charge in [0.15, 0.2) is 5.13 Å². The summed E-state index contributed by atoms with van der Waals surface area (Å²) >= 11 is 1.48. The van der Waals surface area contributed by atoms with Crippen molar-refractivity contribution in [3.05, 3.63) is 40.4 Å². The highest BCUT2D eigenvalue weighted by Crippen LogP contribution is 2.22. The number of anilines is 1. The molecule has 2 heterocycles. The van der Waals surface area contributed by atoms with E-state index in [2.05, 4.69) is 10.3 Å². The second-order valence-corrected chi connectivity index (χ2v) is 6.79. The lowest BCUT2D eigenvalue weighted by atomic mass is 10.2. The molecule has 2 aromatic rings. The number of hydrogen-bond acceptors (Lipinski definition) is 5. The first-order chi connectivity index (χ1) is 11.1. The maximum Gasteiger partial charge on any atom is 0.257 e. The van der Waals surface area contributed by atoms with Gasteiger partial charge in [-0.25, -0.2) is 4.98 Å². The van der Waals surface area contributed by atoms with Crippen molar-refractivity contribution in [3.63, 3.8) is 0 Å². The Bertz CT molecular complexity index is 673. The molecule has 1 aliphatic rings. The van der Waals surface area contributed by atoms with E-state index in [0.29, 0.717) is 23.1 Å². The molecule has 1 N–H and O–H groups in total. The molecule has 0 bridgehead atoms. The van der Waals surface area contributed by atoms with Crippen LogP contribution in [0.1, 0.15) is 33.8 Å². The molecule has 1 aromatic heterocycles. The number of nitrogens with one attached hydrogen (secondary N) is 1. The fourth-order valence-electron chi connectivity index (χ4n) is 2.39. The van der Waals surface area contributed by atoms with Crippen LogP contribution >= 0.6 is 11.3 Å². The molecule has 0 spiro atoms. The van der Waals surface area contributed by atoms with Crippen LogP contribution in [0.3, 0.4) is 0 Å². The zero-order valence-electron chi connectivity index (χ0n) is 13.3. The molecule has 0 aliphatic carbocycles. The lowest BCUT2D eigenvalue weighted by Crippen LogP contribution is -2.16. The zero-order valence-corrected chi connectivity index (χ0v) is 14.1. The Hall–Kier alpha value is -1.92. The number of ether oxygens (including phenoxy) is 2. The summed E-state index contributed by atoms with van der Waals surface area (Å²) in [5.41, 5.74) is 1.50. The fraction of sp³-hybridized carbons (Fsp3) is 0.412. The van der Waals surface area contributed by atoms with Crippen LogP contribution in [-0.4, -0.2) is 30.2 Å². The van der Waals surface area contributed by atoms with E-state index in [9.17, 15) is 4.79 Å². The Balaban J connectivity index is 1.62. The van der Waals surface area contributed by atoms with Gasteiger partial charge in [0.25, 0.3) is 5.91 Å². The van der Waals surface area contributed by atoms with Crippen LogP contribution in [0.15, 0.2) is 24.3 Å². The standard InChI is InChI=1S/C17H20N2O3S/c1-11-12(2)23-17(18-11)19-16(20)13-5-3-6-14(9-13)22-10-15-7-4-8-21-15/h3,5-6,9,15H,4,7-8,10H2,1-2H3,(H,18,19,20)/t15-/m0/s1.